The van der Waals surface area contributed by atoms with Crippen LogP contribution in [0.25, 0.3) is 0 Å². The molecule has 0 aliphatic carbocycles. The molecule has 0 aliphatic heterocycles. The van der Waals surface area contributed by atoms with Gasteiger partial charge in [0.15, 0.2) is 5.96 Å². The zero-order valence-electron chi connectivity index (χ0n) is 18.4. The van der Waals surface area contributed by atoms with E-state index in [1.807, 2.05) is 0 Å². The van der Waals surface area contributed by atoms with Gasteiger partial charge in [-0.2, -0.15) is 0 Å². The average Bonchev–Trinajstić information content (AvgIpc) is 2.66. The summed E-state index contributed by atoms with van der Waals surface area (Å²) in [6.07, 6.45) is -0.0666. The topological polar surface area (TPSA) is 241 Å². The SMILES string of the molecule is CC(C)[C@@H](C(=O)O)N(C)C(=O)[C@H](CC(=O)O)NC(=O)CNC(=O)[C@@H](N)CCCNC(=N)N. The van der Waals surface area contributed by atoms with E-state index in [1.165, 1.54) is 7.05 Å². The largest absolute Gasteiger partial charge is 0.481 e. The van der Waals surface area contributed by atoms with Gasteiger partial charge in [-0.1, -0.05) is 13.8 Å². The first-order chi connectivity index (χ1) is 14.8. The van der Waals surface area contributed by atoms with Crippen molar-refractivity contribution < 1.29 is 34.2 Å². The van der Waals surface area contributed by atoms with Gasteiger partial charge in [0.25, 0.3) is 0 Å². The van der Waals surface area contributed by atoms with Crippen LogP contribution in [-0.4, -0.2) is 89.0 Å². The summed E-state index contributed by atoms with van der Waals surface area (Å²) in [5.74, 6) is -5.68. The zero-order valence-corrected chi connectivity index (χ0v) is 18.4. The molecule has 0 rings (SSSR count). The summed E-state index contributed by atoms with van der Waals surface area (Å²) >= 11 is 0. The number of nitrogens with zero attached hydrogens (tertiary/aromatic N) is 1. The number of carboxylic acid groups (broad SMARTS) is 2. The van der Waals surface area contributed by atoms with Crippen LogP contribution in [0.1, 0.15) is 33.1 Å². The molecule has 32 heavy (non-hydrogen) atoms. The molecule has 14 heteroatoms. The van der Waals surface area contributed by atoms with Gasteiger partial charge in [0.05, 0.1) is 19.0 Å². The molecule has 0 aromatic heterocycles. The minimum atomic E-state index is -1.52. The number of nitrogens with two attached hydrogens (primary N) is 2. The molecule has 14 nitrogen and oxygen atoms in total. The molecular formula is C18H33N7O7. The first-order valence-electron chi connectivity index (χ1n) is 9.89. The summed E-state index contributed by atoms with van der Waals surface area (Å²) in [4.78, 5) is 60.3. The molecule has 0 heterocycles. The van der Waals surface area contributed by atoms with Crippen LogP contribution in [-0.2, 0) is 24.0 Å². The summed E-state index contributed by atoms with van der Waals surface area (Å²) in [7, 11) is 1.21. The van der Waals surface area contributed by atoms with Gasteiger partial charge in [0.1, 0.15) is 12.1 Å². The zero-order chi connectivity index (χ0) is 25.0. The van der Waals surface area contributed by atoms with E-state index in [1.54, 1.807) is 13.8 Å². The molecule has 0 saturated heterocycles. The standard InChI is InChI=1S/C18H33N7O7/c1-9(2)14(17(31)32)25(3)16(30)11(7-13(27)28)24-12(26)8-23-15(29)10(19)5-4-6-22-18(20)21/h9-11,14H,4-8,19H2,1-3H3,(H,23,29)(H,24,26)(H,27,28)(H,31,32)(H4,20,21,22)/t10-,11-,14-/m0/s1. The number of carboxylic acids is 2. The first kappa shape index (κ1) is 28.6. The van der Waals surface area contributed by atoms with Gasteiger partial charge < -0.3 is 42.5 Å². The van der Waals surface area contributed by atoms with E-state index in [0.29, 0.717) is 13.0 Å². The highest BCUT2D eigenvalue weighted by Crippen LogP contribution is 2.12. The monoisotopic (exact) mass is 459 g/mol. The van der Waals surface area contributed by atoms with E-state index >= 15 is 0 Å². The summed E-state index contributed by atoms with van der Waals surface area (Å²) < 4.78 is 0. The van der Waals surface area contributed by atoms with Gasteiger partial charge >= 0.3 is 11.9 Å². The third kappa shape index (κ3) is 10.6. The van der Waals surface area contributed by atoms with E-state index in [4.69, 9.17) is 22.0 Å². The third-order valence-electron chi connectivity index (χ3n) is 4.43. The molecule has 0 aliphatic rings. The van der Waals surface area contributed by atoms with E-state index in [2.05, 4.69) is 16.0 Å². The van der Waals surface area contributed by atoms with Crippen molar-refractivity contribution in [3.05, 3.63) is 0 Å². The van der Waals surface area contributed by atoms with E-state index in [0.717, 1.165) is 4.90 Å². The molecule has 0 spiro atoms. The van der Waals surface area contributed by atoms with Crippen molar-refractivity contribution in [3.8, 4) is 0 Å². The number of likely N-dealkylation sites (N-methyl/N-ethyl adjacent to an activating group) is 1. The van der Waals surface area contributed by atoms with Crippen LogP contribution in [0.15, 0.2) is 0 Å². The smallest absolute Gasteiger partial charge is 0.326 e. The maximum Gasteiger partial charge on any atom is 0.326 e. The number of carbonyl (C=O) groups excluding carboxylic acids is 3. The highest BCUT2D eigenvalue weighted by molar-refractivity contribution is 5.94. The molecule has 0 saturated carbocycles. The molecule has 3 atom stereocenters. The van der Waals surface area contributed by atoms with Gasteiger partial charge in [-0.15, -0.1) is 0 Å². The first-order valence-corrected chi connectivity index (χ1v) is 9.89. The van der Waals surface area contributed by atoms with Crippen molar-refractivity contribution in [1.29, 1.82) is 5.41 Å². The van der Waals surface area contributed by atoms with E-state index in [-0.39, 0.29) is 12.4 Å². The van der Waals surface area contributed by atoms with Crippen LogP contribution < -0.4 is 27.4 Å². The molecule has 0 fully saturated rings. The number of amides is 3. The second-order valence-corrected chi connectivity index (χ2v) is 7.50. The number of carbonyl (C=O) groups is 5. The van der Waals surface area contributed by atoms with Crippen molar-refractivity contribution in [2.75, 3.05) is 20.1 Å². The summed E-state index contributed by atoms with van der Waals surface area (Å²) in [6.45, 7) is 2.96. The Morgan fingerprint density at radius 1 is 1.09 bits per heavy atom. The van der Waals surface area contributed by atoms with Crippen molar-refractivity contribution >= 4 is 35.6 Å². The van der Waals surface area contributed by atoms with Crippen LogP contribution in [0.3, 0.4) is 0 Å². The number of hydrogen-bond donors (Lipinski definition) is 8. The average molecular weight is 460 g/mol. The number of guanidine groups is 1. The molecule has 0 unspecified atom stereocenters. The van der Waals surface area contributed by atoms with Crippen molar-refractivity contribution in [3.63, 3.8) is 0 Å². The Labute approximate surface area is 185 Å². The Hall–Kier alpha value is -3.42. The lowest BCUT2D eigenvalue weighted by Gasteiger charge is -2.30. The normalized spacial score (nSPS) is 13.4. The Kier molecular flexibility index (Phi) is 12.3. The van der Waals surface area contributed by atoms with Crippen LogP contribution in [0.4, 0.5) is 0 Å². The van der Waals surface area contributed by atoms with E-state index < -0.39 is 66.7 Å². The van der Waals surface area contributed by atoms with Gasteiger partial charge in [-0.3, -0.25) is 24.6 Å². The quantitative estimate of drug-likeness (QED) is 0.0754. The maximum atomic E-state index is 12.7. The molecule has 10 N–H and O–H groups in total. The second-order valence-electron chi connectivity index (χ2n) is 7.50. The number of hydrogen-bond acceptors (Lipinski definition) is 7. The Morgan fingerprint density at radius 3 is 2.16 bits per heavy atom. The predicted molar refractivity (Wildman–Crippen MR) is 113 cm³/mol. The van der Waals surface area contributed by atoms with Gasteiger partial charge in [-0.25, -0.2) is 4.79 Å². The number of rotatable bonds is 14. The van der Waals surface area contributed by atoms with Crippen molar-refractivity contribution in [1.82, 2.24) is 20.9 Å². The molecule has 0 radical (unpaired) electrons. The summed E-state index contributed by atoms with van der Waals surface area (Å²) in [5, 5.41) is 32.5. The number of aliphatic carboxylic acids is 2. The highest BCUT2D eigenvalue weighted by Gasteiger charge is 2.34. The van der Waals surface area contributed by atoms with Gasteiger partial charge in [0, 0.05) is 13.6 Å². The second kappa shape index (κ2) is 13.8. The fraction of sp³-hybridized carbons (Fsp3) is 0.667. The predicted octanol–water partition coefficient (Wildman–Crippen LogP) is -2.78. The lowest BCUT2D eigenvalue weighted by molar-refractivity contribution is -0.153. The van der Waals surface area contributed by atoms with Crippen LogP contribution in [0.2, 0.25) is 0 Å². The lowest BCUT2D eigenvalue weighted by atomic mass is 10.0. The Balaban J connectivity index is 4.90. The number of nitrogens with one attached hydrogen (secondary N) is 4. The van der Waals surface area contributed by atoms with Gasteiger partial charge in [0.2, 0.25) is 17.7 Å². The van der Waals surface area contributed by atoms with Crippen LogP contribution in [0.5, 0.6) is 0 Å². The molecule has 0 bridgehead atoms. The Morgan fingerprint density at radius 2 is 1.69 bits per heavy atom. The molecular weight excluding hydrogens is 426 g/mol. The van der Waals surface area contributed by atoms with E-state index in [9.17, 15) is 29.1 Å². The van der Waals surface area contributed by atoms with Crippen molar-refractivity contribution in [2.24, 2.45) is 17.4 Å². The van der Waals surface area contributed by atoms with Gasteiger partial charge in [-0.05, 0) is 18.8 Å². The summed E-state index contributed by atoms with van der Waals surface area (Å²) in [5.41, 5.74) is 10.8. The minimum Gasteiger partial charge on any atom is -0.481 e. The molecule has 182 valence electrons. The lowest BCUT2D eigenvalue weighted by Crippen LogP contribution is -2.55. The fourth-order valence-corrected chi connectivity index (χ4v) is 2.88. The fourth-order valence-electron chi connectivity index (χ4n) is 2.88. The third-order valence-corrected chi connectivity index (χ3v) is 4.43. The maximum absolute atomic E-state index is 12.7. The minimum absolute atomic E-state index is 0.209. The Bertz CT molecular complexity index is 714. The molecule has 0 aromatic carbocycles. The molecule has 3 amide bonds. The summed E-state index contributed by atoms with van der Waals surface area (Å²) in [6, 6.07) is -3.67. The van der Waals surface area contributed by atoms with Crippen LogP contribution in [0, 0.1) is 11.3 Å². The van der Waals surface area contributed by atoms with Crippen molar-refractivity contribution in [2.45, 2.75) is 51.2 Å². The molecule has 0 aromatic rings. The van der Waals surface area contributed by atoms with Crippen LogP contribution >= 0.6 is 0 Å². The highest BCUT2D eigenvalue weighted by atomic mass is 16.4.